The van der Waals surface area contributed by atoms with E-state index in [0.29, 0.717) is 22.7 Å². The number of aryl methyl sites for hydroxylation is 1. The number of anilines is 1. The Hall–Kier alpha value is -2.51. The number of nitrogens with two attached hydrogens (primary N) is 1. The number of hydrogen-bond donors (Lipinski definition) is 1. The third-order valence-corrected chi connectivity index (χ3v) is 3.15. The number of nitrogens with zero attached hydrogens (tertiary/aromatic N) is 2. The lowest BCUT2D eigenvalue weighted by Crippen LogP contribution is -2.12. The Labute approximate surface area is 125 Å². The summed E-state index contributed by atoms with van der Waals surface area (Å²) in [6.07, 6.45) is 0. The van der Waals surface area contributed by atoms with Gasteiger partial charge in [-0.1, -0.05) is 12.1 Å². The van der Waals surface area contributed by atoms with Crippen molar-refractivity contribution in [2.24, 2.45) is 0 Å². The summed E-state index contributed by atoms with van der Waals surface area (Å²) >= 11 is 0. The molecule has 0 aliphatic heterocycles. The van der Waals surface area contributed by atoms with Crippen molar-refractivity contribution in [2.45, 2.75) is 13.5 Å². The van der Waals surface area contributed by atoms with E-state index in [-0.39, 0.29) is 0 Å². The van der Waals surface area contributed by atoms with Gasteiger partial charge in [-0.25, -0.2) is 0 Å². The molecule has 0 amide bonds. The molecule has 0 spiro atoms. The summed E-state index contributed by atoms with van der Waals surface area (Å²) in [7, 11) is 3.99. The number of para-hydroxylation sites is 2. The average Bonchev–Trinajstić information content (AvgIpc) is 2.43. The molecule has 2 aromatic rings. The summed E-state index contributed by atoms with van der Waals surface area (Å²) in [5, 5.41) is 9.20. The highest BCUT2D eigenvalue weighted by molar-refractivity contribution is 5.55. The van der Waals surface area contributed by atoms with Crippen molar-refractivity contribution < 1.29 is 4.74 Å². The van der Waals surface area contributed by atoms with Gasteiger partial charge in [0.05, 0.1) is 17.3 Å². The van der Waals surface area contributed by atoms with E-state index in [2.05, 4.69) is 11.0 Å². The van der Waals surface area contributed by atoms with Gasteiger partial charge < -0.3 is 15.4 Å². The van der Waals surface area contributed by atoms with Crippen molar-refractivity contribution >= 4 is 5.69 Å². The summed E-state index contributed by atoms with van der Waals surface area (Å²) < 4.78 is 5.94. The van der Waals surface area contributed by atoms with Crippen LogP contribution in [0.1, 0.15) is 16.7 Å². The first-order valence-corrected chi connectivity index (χ1v) is 6.72. The van der Waals surface area contributed by atoms with Crippen LogP contribution in [0.3, 0.4) is 0 Å². The highest BCUT2D eigenvalue weighted by atomic mass is 16.5. The van der Waals surface area contributed by atoms with Gasteiger partial charge in [-0.3, -0.25) is 0 Å². The molecule has 0 radical (unpaired) electrons. The molecule has 21 heavy (non-hydrogen) atoms. The van der Waals surface area contributed by atoms with E-state index < -0.39 is 0 Å². The lowest BCUT2D eigenvalue weighted by molar-refractivity contribution is 0.388. The Morgan fingerprint density at radius 3 is 2.52 bits per heavy atom. The summed E-state index contributed by atoms with van der Waals surface area (Å²) in [6, 6.07) is 13.3. The fourth-order valence-electron chi connectivity index (χ4n) is 2.12. The first-order chi connectivity index (χ1) is 10.0. The molecule has 2 rings (SSSR count). The third-order valence-electron chi connectivity index (χ3n) is 3.15. The fraction of sp³-hybridized carbons (Fsp3) is 0.235. The van der Waals surface area contributed by atoms with E-state index in [9.17, 15) is 5.26 Å². The Balaban J connectivity index is 2.45. The van der Waals surface area contributed by atoms with E-state index in [1.165, 1.54) is 0 Å². The number of rotatable bonds is 4. The lowest BCUT2D eigenvalue weighted by Gasteiger charge is -2.17. The Kier molecular flexibility index (Phi) is 4.46. The van der Waals surface area contributed by atoms with Crippen LogP contribution in [-0.4, -0.2) is 19.0 Å². The van der Waals surface area contributed by atoms with Gasteiger partial charge in [-0.2, -0.15) is 5.26 Å². The Bertz CT molecular complexity index is 687. The first kappa shape index (κ1) is 14.9. The SMILES string of the molecule is Cc1cc(CN(C)C)c(Oc2ccccc2N)cc1C#N. The first-order valence-electron chi connectivity index (χ1n) is 6.72. The largest absolute Gasteiger partial charge is 0.455 e. The van der Waals surface area contributed by atoms with Gasteiger partial charge in [-0.05, 0) is 50.8 Å². The topological polar surface area (TPSA) is 62.3 Å². The van der Waals surface area contributed by atoms with Gasteiger partial charge in [0.15, 0.2) is 0 Å². The van der Waals surface area contributed by atoms with Crippen LogP contribution in [0.5, 0.6) is 11.5 Å². The molecule has 0 saturated heterocycles. The molecule has 0 bridgehead atoms. The quantitative estimate of drug-likeness (QED) is 0.873. The van der Waals surface area contributed by atoms with Gasteiger partial charge in [-0.15, -0.1) is 0 Å². The van der Waals surface area contributed by atoms with E-state index in [1.807, 2.05) is 45.3 Å². The second-order valence-electron chi connectivity index (χ2n) is 5.26. The molecule has 4 heteroatoms. The van der Waals surface area contributed by atoms with Crippen molar-refractivity contribution in [1.29, 1.82) is 5.26 Å². The molecule has 108 valence electrons. The molecule has 2 N–H and O–H groups in total. The van der Waals surface area contributed by atoms with Crippen LogP contribution in [0.25, 0.3) is 0 Å². The number of nitriles is 1. The minimum Gasteiger partial charge on any atom is -0.455 e. The van der Waals surface area contributed by atoms with E-state index in [1.54, 1.807) is 12.1 Å². The molecule has 0 aliphatic carbocycles. The van der Waals surface area contributed by atoms with E-state index in [4.69, 9.17) is 10.5 Å². The third kappa shape index (κ3) is 3.53. The van der Waals surface area contributed by atoms with Gasteiger partial charge in [0.2, 0.25) is 0 Å². The molecule has 0 saturated carbocycles. The van der Waals surface area contributed by atoms with Crippen LogP contribution in [0.2, 0.25) is 0 Å². The summed E-state index contributed by atoms with van der Waals surface area (Å²) in [4.78, 5) is 2.06. The second kappa shape index (κ2) is 6.29. The fourth-order valence-corrected chi connectivity index (χ4v) is 2.12. The van der Waals surface area contributed by atoms with Gasteiger partial charge >= 0.3 is 0 Å². The van der Waals surface area contributed by atoms with E-state index in [0.717, 1.165) is 17.7 Å². The maximum atomic E-state index is 9.20. The number of nitrogen functional groups attached to an aromatic ring is 1. The van der Waals surface area contributed by atoms with Crippen LogP contribution in [0, 0.1) is 18.3 Å². The molecular formula is C17H19N3O. The van der Waals surface area contributed by atoms with Crippen LogP contribution in [0.4, 0.5) is 5.69 Å². The zero-order valence-corrected chi connectivity index (χ0v) is 12.6. The zero-order valence-electron chi connectivity index (χ0n) is 12.6. The number of hydrogen-bond acceptors (Lipinski definition) is 4. The smallest absolute Gasteiger partial charge is 0.150 e. The predicted molar refractivity (Wildman–Crippen MR) is 84.2 cm³/mol. The number of ether oxygens (including phenoxy) is 1. The maximum absolute atomic E-state index is 9.20. The predicted octanol–water partition coefficient (Wildman–Crippen LogP) is 3.30. The van der Waals surface area contributed by atoms with Crippen LogP contribution < -0.4 is 10.5 Å². The number of benzene rings is 2. The Morgan fingerprint density at radius 2 is 1.90 bits per heavy atom. The molecule has 0 heterocycles. The highest BCUT2D eigenvalue weighted by Crippen LogP contribution is 2.32. The average molecular weight is 281 g/mol. The van der Waals surface area contributed by atoms with Crippen molar-refractivity contribution in [3.05, 3.63) is 53.1 Å². The second-order valence-corrected chi connectivity index (χ2v) is 5.26. The van der Waals surface area contributed by atoms with Crippen molar-refractivity contribution in [3.63, 3.8) is 0 Å². The van der Waals surface area contributed by atoms with Crippen LogP contribution in [-0.2, 0) is 6.54 Å². The zero-order chi connectivity index (χ0) is 15.4. The molecule has 2 aromatic carbocycles. The molecule has 0 aromatic heterocycles. The normalized spacial score (nSPS) is 10.4. The lowest BCUT2D eigenvalue weighted by atomic mass is 10.0. The summed E-state index contributed by atoms with van der Waals surface area (Å²) in [6.45, 7) is 2.66. The molecule has 4 nitrogen and oxygen atoms in total. The van der Waals surface area contributed by atoms with Crippen LogP contribution >= 0.6 is 0 Å². The molecule has 0 aliphatic rings. The van der Waals surface area contributed by atoms with E-state index >= 15 is 0 Å². The minimum absolute atomic E-state index is 0.576. The highest BCUT2D eigenvalue weighted by Gasteiger charge is 2.11. The molecule has 0 atom stereocenters. The molecule has 0 fully saturated rings. The van der Waals surface area contributed by atoms with Crippen LogP contribution in [0.15, 0.2) is 36.4 Å². The molecule has 0 unspecified atom stereocenters. The van der Waals surface area contributed by atoms with Gasteiger partial charge in [0.25, 0.3) is 0 Å². The molecular weight excluding hydrogens is 262 g/mol. The van der Waals surface area contributed by atoms with Crippen molar-refractivity contribution in [3.8, 4) is 17.6 Å². The summed E-state index contributed by atoms with van der Waals surface area (Å²) in [5.74, 6) is 1.27. The minimum atomic E-state index is 0.576. The standard InChI is InChI=1S/C17H19N3O/c1-12-8-14(11-20(2)3)17(9-13(12)10-18)21-16-7-5-4-6-15(16)19/h4-9H,11,19H2,1-3H3. The van der Waals surface area contributed by atoms with Crippen molar-refractivity contribution in [2.75, 3.05) is 19.8 Å². The monoisotopic (exact) mass is 281 g/mol. The summed E-state index contributed by atoms with van der Waals surface area (Å²) in [5.41, 5.74) is 9.08. The van der Waals surface area contributed by atoms with Crippen molar-refractivity contribution in [1.82, 2.24) is 4.90 Å². The van der Waals surface area contributed by atoms with Gasteiger partial charge in [0, 0.05) is 12.1 Å². The van der Waals surface area contributed by atoms with Gasteiger partial charge in [0.1, 0.15) is 11.5 Å². The maximum Gasteiger partial charge on any atom is 0.150 e. The Morgan fingerprint density at radius 1 is 1.19 bits per heavy atom.